The van der Waals surface area contributed by atoms with Gasteiger partial charge in [-0.2, -0.15) is 8.78 Å². The SMILES string of the molecule is C[N+](C)(C)c1ccc(C(=O)Oc2c(F)c(F)cc(F)c2F)cn1.[Br-]. The van der Waals surface area contributed by atoms with Gasteiger partial charge in [-0.15, -0.1) is 0 Å². The predicted molar refractivity (Wildman–Crippen MR) is 75.0 cm³/mol. The Kier molecular flexibility index (Phi) is 6.07. The number of carbonyl (C=O) groups is 1. The Balaban J connectivity index is 0.00000288. The molecule has 1 aromatic heterocycles. The van der Waals surface area contributed by atoms with E-state index in [1.54, 1.807) is 0 Å². The number of ether oxygens (including phenoxy) is 1. The van der Waals surface area contributed by atoms with E-state index in [1.165, 1.54) is 12.1 Å². The number of halogens is 5. The second kappa shape index (κ2) is 7.27. The molecule has 4 nitrogen and oxygen atoms in total. The molecule has 2 aromatic rings. The molecule has 0 aliphatic rings. The Bertz CT molecular complexity index is 735. The summed E-state index contributed by atoms with van der Waals surface area (Å²) in [5.41, 5.74) is -0.120. The summed E-state index contributed by atoms with van der Waals surface area (Å²) < 4.78 is 57.9. The van der Waals surface area contributed by atoms with E-state index in [2.05, 4.69) is 9.72 Å². The van der Waals surface area contributed by atoms with Crippen molar-refractivity contribution in [2.45, 2.75) is 0 Å². The van der Waals surface area contributed by atoms with Crippen molar-refractivity contribution in [3.63, 3.8) is 0 Å². The van der Waals surface area contributed by atoms with Crippen molar-refractivity contribution in [3.05, 3.63) is 53.2 Å². The Labute approximate surface area is 146 Å². The molecule has 0 fully saturated rings. The summed E-state index contributed by atoms with van der Waals surface area (Å²) >= 11 is 0. The minimum Gasteiger partial charge on any atom is -1.00 e. The molecule has 0 unspecified atom stereocenters. The van der Waals surface area contributed by atoms with Gasteiger partial charge >= 0.3 is 5.97 Å². The van der Waals surface area contributed by atoms with E-state index >= 15 is 0 Å². The maximum atomic E-state index is 13.5. The van der Waals surface area contributed by atoms with Crippen molar-refractivity contribution in [3.8, 4) is 5.75 Å². The van der Waals surface area contributed by atoms with Gasteiger partial charge in [0.05, 0.1) is 26.7 Å². The fourth-order valence-corrected chi connectivity index (χ4v) is 1.70. The van der Waals surface area contributed by atoms with Crippen LogP contribution >= 0.6 is 0 Å². The lowest BCUT2D eigenvalue weighted by atomic mass is 10.2. The Morgan fingerprint density at radius 2 is 1.58 bits per heavy atom. The molecule has 0 spiro atoms. The van der Waals surface area contributed by atoms with E-state index in [0.29, 0.717) is 10.3 Å². The lowest BCUT2D eigenvalue weighted by Gasteiger charge is -2.21. The summed E-state index contributed by atoms with van der Waals surface area (Å²) in [6, 6.07) is 2.88. The summed E-state index contributed by atoms with van der Waals surface area (Å²) in [5, 5.41) is 0. The van der Waals surface area contributed by atoms with Gasteiger partial charge in [-0.3, -0.25) is 4.48 Å². The third-order valence-corrected chi connectivity index (χ3v) is 2.94. The molecule has 0 amide bonds. The second-order valence-electron chi connectivity index (χ2n) is 5.60. The van der Waals surface area contributed by atoms with Crippen LogP contribution in [0.5, 0.6) is 5.75 Å². The minimum absolute atomic E-state index is 0. The summed E-state index contributed by atoms with van der Waals surface area (Å²) in [4.78, 5) is 15.9. The van der Waals surface area contributed by atoms with E-state index in [-0.39, 0.29) is 28.6 Å². The summed E-state index contributed by atoms with van der Waals surface area (Å²) in [6.45, 7) is 0. The maximum Gasteiger partial charge on any atom is 0.345 e. The van der Waals surface area contributed by atoms with Crippen molar-refractivity contribution >= 4 is 11.8 Å². The third-order valence-electron chi connectivity index (χ3n) is 2.94. The van der Waals surface area contributed by atoms with E-state index in [1.807, 2.05) is 21.1 Å². The van der Waals surface area contributed by atoms with Crippen LogP contribution in [0.25, 0.3) is 0 Å². The normalized spacial score (nSPS) is 11.0. The van der Waals surface area contributed by atoms with Crippen molar-refractivity contribution in [2.24, 2.45) is 0 Å². The molecule has 1 aromatic carbocycles. The number of rotatable bonds is 3. The van der Waals surface area contributed by atoms with Crippen LogP contribution in [0.4, 0.5) is 23.4 Å². The average Bonchev–Trinajstić information content (AvgIpc) is 2.48. The molecule has 0 aliphatic heterocycles. The van der Waals surface area contributed by atoms with Crippen LogP contribution in [-0.2, 0) is 0 Å². The van der Waals surface area contributed by atoms with Gasteiger partial charge in [0.25, 0.3) is 0 Å². The van der Waals surface area contributed by atoms with Crippen LogP contribution in [0.2, 0.25) is 0 Å². The number of carbonyl (C=O) groups excluding carboxylic acids is 1. The van der Waals surface area contributed by atoms with Gasteiger partial charge in [0.15, 0.2) is 11.6 Å². The van der Waals surface area contributed by atoms with Crippen molar-refractivity contribution in [1.29, 1.82) is 0 Å². The third kappa shape index (κ3) is 4.09. The lowest BCUT2D eigenvalue weighted by molar-refractivity contribution is -0.0000196. The topological polar surface area (TPSA) is 39.2 Å². The van der Waals surface area contributed by atoms with Crippen LogP contribution < -0.4 is 26.2 Å². The van der Waals surface area contributed by atoms with Gasteiger partial charge < -0.3 is 21.7 Å². The number of benzene rings is 1. The molecule has 0 saturated heterocycles. The van der Waals surface area contributed by atoms with Gasteiger partial charge in [0, 0.05) is 18.3 Å². The first-order chi connectivity index (χ1) is 10.6. The molecular formula is C15H13BrF4N2O2. The highest BCUT2D eigenvalue weighted by atomic mass is 79.9. The number of hydrogen-bond acceptors (Lipinski definition) is 3. The summed E-state index contributed by atoms with van der Waals surface area (Å²) in [7, 11) is 5.54. The smallest absolute Gasteiger partial charge is 0.345 e. The molecule has 0 radical (unpaired) electrons. The zero-order valence-corrected chi connectivity index (χ0v) is 14.5. The average molecular weight is 409 g/mol. The lowest BCUT2D eigenvalue weighted by Crippen LogP contribution is -3.00. The first-order valence-corrected chi connectivity index (χ1v) is 6.44. The molecule has 0 saturated carbocycles. The highest BCUT2D eigenvalue weighted by Gasteiger charge is 2.24. The van der Waals surface area contributed by atoms with Crippen LogP contribution in [0.15, 0.2) is 24.4 Å². The van der Waals surface area contributed by atoms with Crippen LogP contribution in [0.3, 0.4) is 0 Å². The standard InChI is InChI=1S/C15H13F4N2O2.BrH/c1-21(2,3)11-5-4-8(7-20-11)15(22)23-14-12(18)9(16)6-10(17)13(14)19;/h4-7H,1-3H3;1H/q+1;/p-1. The van der Waals surface area contributed by atoms with Gasteiger partial charge in [-0.1, -0.05) is 0 Å². The van der Waals surface area contributed by atoms with E-state index in [9.17, 15) is 22.4 Å². The highest BCUT2D eigenvalue weighted by Crippen LogP contribution is 2.27. The van der Waals surface area contributed by atoms with E-state index in [0.717, 1.165) is 6.20 Å². The van der Waals surface area contributed by atoms with E-state index < -0.39 is 35.0 Å². The quantitative estimate of drug-likeness (QED) is 0.237. The number of quaternary nitrogens is 1. The first kappa shape index (κ1) is 20.0. The predicted octanol–water partition coefficient (Wildman–Crippen LogP) is 0.0579. The Morgan fingerprint density at radius 3 is 2.00 bits per heavy atom. The number of aromatic nitrogens is 1. The second-order valence-corrected chi connectivity index (χ2v) is 5.60. The molecule has 0 aliphatic carbocycles. The van der Waals surface area contributed by atoms with Crippen molar-refractivity contribution in [2.75, 3.05) is 21.1 Å². The first-order valence-electron chi connectivity index (χ1n) is 6.44. The Morgan fingerprint density at radius 1 is 1.04 bits per heavy atom. The zero-order valence-electron chi connectivity index (χ0n) is 12.9. The highest BCUT2D eigenvalue weighted by molar-refractivity contribution is 5.90. The zero-order chi connectivity index (χ0) is 17.4. The summed E-state index contributed by atoms with van der Waals surface area (Å²) in [5.74, 6) is -8.89. The minimum atomic E-state index is -1.78. The summed E-state index contributed by atoms with van der Waals surface area (Å²) in [6.07, 6.45) is 1.15. The monoisotopic (exact) mass is 408 g/mol. The van der Waals surface area contributed by atoms with Crippen molar-refractivity contribution < 1.29 is 44.1 Å². The van der Waals surface area contributed by atoms with Gasteiger partial charge in [-0.05, 0) is 6.07 Å². The molecule has 9 heteroatoms. The largest absolute Gasteiger partial charge is 1.00 e. The van der Waals surface area contributed by atoms with Crippen LogP contribution in [-0.4, -0.2) is 32.1 Å². The molecule has 0 atom stereocenters. The van der Waals surface area contributed by atoms with Gasteiger partial charge in [-0.25, -0.2) is 18.6 Å². The fraction of sp³-hybridized carbons (Fsp3) is 0.200. The number of pyridine rings is 1. The van der Waals surface area contributed by atoms with Gasteiger partial charge in [0.1, 0.15) is 0 Å². The number of hydrogen-bond donors (Lipinski definition) is 0. The molecular weight excluding hydrogens is 396 g/mol. The van der Waals surface area contributed by atoms with Crippen molar-refractivity contribution in [1.82, 2.24) is 9.47 Å². The number of esters is 1. The molecule has 130 valence electrons. The fourth-order valence-electron chi connectivity index (χ4n) is 1.70. The molecule has 1 heterocycles. The maximum absolute atomic E-state index is 13.5. The van der Waals surface area contributed by atoms with Crippen LogP contribution in [0, 0.1) is 23.3 Å². The Hall–Kier alpha value is -2.00. The molecule has 0 N–H and O–H groups in total. The molecule has 24 heavy (non-hydrogen) atoms. The van der Waals surface area contributed by atoms with Gasteiger partial charge in [0.2, 0.25) is 23.2 Å². The molecule has 0 bridgehead atoms. The van der Waals surface area contributed by atoms with E-state index in [4.69, 9.17) is 0 Å². The van der Waals surface area contributed by atoms with Crippen LogP contribution in [0.1, 0.15) is 10.4 Å². The number of nitrogens with zero attached hydrogens (tertiary/aromatic N) is 2. The molecule has 2 rings (SSSR count).